The van der Waals surface area contributed by atoms with Crippen molar-refractivity contribution in [1.82, 2.24) is 5.32 Å². The molecule has 0 fully saturated rings. The molecular weight excluding hydrogens is 326 g/mol. The quantitative estimate of drug-likeness (QED) is 0.892. The molecule has 0 unspecified atom stereocenters. The Morgan fingerprint density at radius 2 is 1.81 bits per heavy atom. The highest BCUT2D eigenvalue weighted by atomic mass is 79.9. The number of halogens is 1. The Morgan fingerprint density at radius 1 is 1.05 bits per heavy atom. The average Bonchev–Trinajstić information content (AvgIpc) is 2.85. The van der Waals surface area contributed by atoms with Crippen LogP contribution in [0.25, 0.3) is 0 Å². The van der Waals surface area contributed by atoms with Gasteiger partial charge in [0.1, 0.15) is 5.75 Å². The monoisotopic (exact) mass is 345 g/mol. The molecule has 0 saturated heterocycles. The molecule has 2 aromatic carbocycles. The number of hydrogen-bond acceptors (Lipinski definition) is 2. The minimum atomic E-state index is 0.801. The zero-order chi connectivity index (χ0) is 14.8. The molecule has 0 spiro atoms. The number of hydrogen-bond donors (Lipinski definition) is 1. The molecule has 0 atom stereocenters. The lowest BCUT2D eigenvalue weighted by molar-refractivity contribution is 0.352. The van der Waals surface area contributed by atoms with Crippen LogP contribution in [0, 0.1) is 13.8 Å². The van der Waals surface area contributed by atoms with Gasteiger partial charge in [0.2, 0.25) is 0 Å². The van der Waals surface area contributed by atoms with E-state index in [1.54, 1.807) is 0 Å². The predicted molar refractivity (Wildman–Crippen MR) is 89.8 cm³/mol. The van der Waals surface area contributed by atoms with Crippen LogP contribution in [0.5, 0.6) is 5.75 Å². The molecule has 0 radical (unpaired) electrons. The zero-order valence-corrected chi connectivity index (χ0v) is 14.1. The van der Waals surface area contributed by atoms with E-state index in [-0.39, 0.29) is 0 Å². The van der Waals surface area contributed by atoms with Crippen LogP contribution in [0.2, 0.25) is 0 Å². The summed E-state index contributed by atoms with van der Waals surface area (Å²) in [6.07, 6.45) is 1.01. The maximum Gasteiger partial charge on any atom is 0.127 e. The van der Waals surface area contributed by atoms with Gasteiger partial charge in [-0.2, -0.15) is 0 Å². The van der Waals surface area contributed by atoms with Gasteiger partial charge in [0.25, 0.3) is 0 Å². The van der Waals surface area contributed by atoms with Gasteiger partial charge in [0.05, 0.1) is 6.61 Å². The summed E-state index contributed by atoms with van der Waals surface area (Å²) < 4.78 is 6.90. The molecule has 0 saturated carbocycles. The van der Waals surface area contributed by atoms with Crippen molar-refractivity contribution < 1.29 is 4.74 Å². The third kappa shape index (κ3) is 3.47. The highest BCUT2D eigenvalue weighted by Crippen LogP contribution is 2.32. The number of benzene rings is 2. The van der Waals surface area contributed by atoms with Crippen molar-refractivity contribution in [2.75, 3.05) is 6.61 Å². The molecule has 0 aliphatic carbocycles. The topological polar surface area (TPSA) is 21.3 Å². The van der Waals surface area contributed by atoms with E-state index >= 15 is 0 Å². The van der Waals surface area contributed by atoms with Crippen molar-refractivity contribution in [2.24, 2.45) is 0 Å². The largest absolute Gasteiger partial charge is 0.493 e. The Labute approximate surface area is 134 Å². The van der Waals surface area contributed by atoms with Gasteiger partial charge < -0.3 is 10.1 Å². The molecule has 1 N–H and O–H groups in total. The van der Waals surface area contributed by atoms with Gasteiger partial charge in [-0.15, -0.1) is 0 Å². The average molecular weight is 346 g/mol. The lowest BCUT2D eigenvalue weighted by Crippen LogP contribution is -2.13. The van der Waals surface area contributed by atoms with Crippen LogP contribution in [-0.2, 0) is 19.5 Å². The van der Waals surface area contributed by atoms with E-state index in [4.69, 9.17) is 4.74 Å². The van der Waals surface area contributed by atoms with E-state index < -0.39 is 0 Å². The minimum Gasteiger partial charge on any atom is -0.493 e. The molecule has 1 aliphatic heterocycles. The summed E-state index contributed by atoms with van der Waals surface area (Å²) in [4.78, 5) is 0. The second kappa shape index (κ2) is 6.20. The number of nitrogens with one attached hydrogen (secondary N) is 1. The first-order valence-corrected chi connectivity index (χ1v) is 8.13. The molecule has 1 aliphatic rings. The molecule has 0 bridgehead atoms. The van der Waals surface area contributed by atoms with Crippen LogP contribution < -0.4 is 10.1 Å². The van der Waals surface area contributed by atoms with E-state index in [0.29, 0.717) is 0 Å². The van der Waals surface area contributed by atoms with Crippen LogP contribution in [0.3, 0.4) is 0 Å². The fourth-order valence-corrected chi connectivity index (χ4v) is 3.54. The summed E-state index contributed by atoms with van der Waals surface area (Å²) in [6, 6.07) is 11.0. The lowest BCUT2D eigenvalue weighted by atomic mass is 10.1. The SMILES string of the molecule is Cc1cc(C)cc(CNCc2cc(Br)cc3c2OCC3)c1. The van der Waals surface area contributed by atoms with Crippen molar-refractivity contribution in [3.8, 4) is 5.75 Å². The van der Waals surface area contributed by atoms with Gasteiger partial charge in [-0.1, -0.05) is 45.3 Å². The molecule has 110 valence electrons. The van der Waals surface area contributed by atoms with Gasteiger partial charge in [-0.25, -0.2) is 0 Å². The van der Waals surface area contributed by atoms with Crippen molar-refractivity contribution in [2.45, 2.75) is 33.4 Å². The van der Waals surface area contributed by atoms with E-state index in [1.807, 2.05) is 0 Å². The molecule has 2 aromatic rings. The second-order valence-electron chi connectivity index (χ2n) is 5.75. The van der Waals surface area contributed by atoms with Crippen molar-refractivity contribution in [3.63, 3.8) is 0 Å². The molecule has 3 heteroatoms. The van der Waals surface area contributed by atoms with Crippen molar-refractivity contribution in [3.05, 3.63) is 62.6 Å². The highest BCUT2D eigenvalue weighted by molar-refractivity contribution is 9.10. The lowest BCUT2D eigenvalue weighted by Gasteiger charge is -2.11. The summed E-state index contributed by atoms with van der Waals surface area (Å²) in [7, 11) is 0. The maximum absolute atomic E-state index is 5.76. The van der Waals surface area contributed by atoms with E-state index in [1.165, 1.54) is 27.8 Å². The van der Waals surface area contributed by atoms with Crippen molar-refractivity contribution in [1.29, 1.82) is 0 Å². The Morgan fingerprint density at radius 3 is 2.57 bits per heavy atom. The van der Waals surface area contributed by atoms with Gasteiger partial charge in [-0.05, 0) is 37.1 Å². The number of fused-ring (bicyclic) bond motifs is 1. The molecule has 1 heterocycles. The van der Waals surface area contributed by atoms with Gasteiger partial charge >= 0.3 is 0 Å². The fourth-order valence-electron chi connectivity index (χ4n) is 2.99. The normalized spacial score (nSPS) is 13.1. The molecule has 3 rings (SSSR count). The number of rotatable bonds is 4. The number of ether oxygens (including phenoxy) is 1. The minimum absolute atomic E-state index is 0.801. The molecule has 2 nitrogen and oxygen atoms in total. The summed E-state index contributed by atoms with van der Waals surface area (Å²) in [5.74, 6) is 1.08. The first kappa shape index (κ1) is 14.6. The van der Waals surface area contributed by atoms with Crippen LogP contribution >= 0.6 is 15.9 Å². The van der Waals surface area contributed by atoms with Crippen LogP contribution in [0.1, 0.15) is 27.8 Å². The number of aryl methyl sites for hydroxylation is 2. The summed E-state index contributed by atoms with van der Waals surface area (Å²) in [5, 5.41) is 3.53. The Kier molecular flexibility index (Phi) is 4.32. The summed E-state index contributed by atoms with van der Waals surface area (Å²) in [5.41, 5.74) is 6.52. The zero-order valence-electron chi connectivity index (χ0n) is 12.5. The van der Waals surface area contributed by atoms with Crippen LogP contribution in [0.15, 0.2) is 34.8 Å². The fraction of sp³-hybridized carbons (Fsp3) is 0.333. The Balaban J connectivity index is 1.68. The Hall–Kier alpha value is -1.32. The highest BCUT2D eigenvalue weighted by Gasteiger charge is 2.17. The molecule has 21 heavy (non-hydrogen) atoms. The first-order valence-electron chi connectivity index (χ1n) is 7.34. The van der Waals surface area contributed by atoms with Crippen LogP contribution in [-0.4, -0.2) is 6.61 Å². The first-order chi connectivity index (χ1) is 10.1. The van der Waals surface area contributed by atoms with E-state index in [9.17, 15) is 0 Å². The van der Waals surface area contributed by atoms with Gasteiger partial charge in [0.15, 0.2) is 0 Å². The standard InChI is InChI=1S/C18H20BrNO/c1-12-5-13(2)7-14(6-12)10-20-11-16-9-17(19)8-15-3-4-21-18(15)16/h5-9,20H,3-4,10-11H2,1-2H3. The van der Waals surface area contributed by atoms with E-state index in [0.717, 1.165) is 36.3 Å². The third-order valence-electron chi connectivity index (χ3n) is 3.75. The summed E-state index contributed by atoms with van der Waals surface area (Å²) in [6.45, 7) is 6.80. The third-order valence-corrected chi connectivity index (χ3v) is 4.21. The molecular formula is C18H20BrNO. The predicted octanol–water partition coefficient (Wildman–Crippen LogP) is 4.29. The van der Waals surface area contributed by atoms with Gasteiger partial charge in [-0.3, -0.25) is 0 Å². The smallest absolute Gasteiger partial charge is 0.127 e. The van der Waals surface area contributed by atoms with E-state index in [2.05, 4.69) is 65.4 Å². The summed E-state index contributed by atoms with van der Waals surface area (Å²) >= 11 is 3.59. The molecule has 0 aromatic heterocycles. The second-order valence-corrected chi connectivity index (χ2v) is 6.67. The van der Waals surface area contributed by atoms with Crippen molar-refractivity contribution >= 4 is 15.9 Å². The Bertz CT molecular complexity index is 646. The van der Waals surface area contributed by atoms with Gasteiger partial charge in [0, 0.05) is 29.5 Å². The maximum atomic E-state index is 5.76. The molecule has 0 amide bonds. The van der Waals surface area contributed by atoms with Crippen LogP contribution in [0.4, 0.5) is 0 Å².